The largest absolute Gasteiger partial charge is 0.461 e. The Hall–Kier alpha value is -2.16. The molecule has 0 atom stereocenters. The van der Waals surface area contributed by atoms with Crippen LogP contribution in [-0.4, -0.2) is 11.6 Å². The van der Waals surface area contributed by atoms with E-state index in [1.165, 1.54) is 23.8 Å². The molecule has 1 aromatic carbocycles. The molecule has 20 heavy (non-hydrogen) atoms. The molecular weight excluding hydrogens is 252 g/mol. The highest BCUT2D eigenvalue weighted by atomic mass is 16.3. The van der Waals surface area contributed by atoms with Gasteiger partial charge in [-0.2, -0.15) is 0 Å². The number of ketones is 2. The number of carbonyl (C=O) groups excluding carboxylic acids is 2. The average molecular weight is 268 g/mol. The first kappa shape index (κ1) is 12.9. The maximum Gasteiger partial charge on any atom is 0.198 e. The van der Waals surface area contributed by atoms with Gasteiger partial charge in [0.25, 0.3) is 0 Å². The lowest BCUT2D eigenvalue weighted by Gasteiger charge is -2.04. The van der Waals surface area contributed by atoms with Gasteiger partial charge in [-0.15, -0.1) is 0 Å². The minimum Gasteiger partial charge on any atom is -0.461 e. The molecule has 1 heterocycles. The lowest BCUT2D eigenvalue weighted by molar-refractivity contribution is 0.0902. The van der Waals surface area contributed by atoms with Crippen molar-refractivity contribution in [3.8, 4) is 0 Å². The van der Waals surface area contributed by atoms with Crippen molar-refractivity contribution in [1.82, 2.24) is 0 Å². The van der Waals surface area contributed by atoms with Crippen LogP contribution < -0.4 is 0 Å². The predicted octanol–water partition coefficient (Wildman–Crippen LogP) is 3.61. The Kier molecular flexibility index (Phi) is 3.50. The Morgan fingerprint density at radius 2 is 1.80 bits per heavy atom. The van der Waals surface area contributed by atoms with E-state index in [-0.39, 0.29) is 24.4 Å². The molecule has 0 fully saturated rings. The van der Waals surface area contributed by atoms with Gasteiger partial charge >= 0.3 is 0 Å². The van der Waals surface area contributed by atoms with Crippen molar-refractivity contribution in [3.63, 3.8) is 0 Å². The summed E-state index contributed by atoms with van der Waals surface area (Å²) < 4.78 is 5.03. The molecule has 1 aliphatic rings. The summed E-state index contributed by atoms with van der Waals surface area (Å²) in [5, 5.41) is 0. The smallest absolute Gasteiger partial charge is 0.198 e. The number of Topliss-reactive ketones (excluding diaryl/α,β-unsaturated/α-hetero) is 2. The lowest BCUT2D eigenvalue weighted by atomic mass is 10.0. The van der Waals surface area contributed by atoms with Gasteiger partial charge in [0, 0.05) is 18.4 Å². The SMILES string of the molecule is O=C(CCC(=O)c1ccco1)c1ccc2c(c1)CCC2. The van der Waals surface area contributed by atoms with Gasteiger partial charge in [0.1, 0.15) is 0 Å². The monoisotopic (exact) mass is 268 g/mol. The van der Waals surface area contributed by atoms with E-state index in [1.807, 2.05) is 18.2 Å². The molecular formula is C17H16O3. The fourth-order valence-electron chi connectivity index (χ4n) is 2.68. The molecule has 102 valence electrons. The highest BCUT2D eigenvalue weighted by Crippen LogP contribution is 2.23. The van der Waals surface area contributed by atoms with Crippen LogP contribution in [0, 0.1) is 0 Å². The minimum atomic E-state index is -0.121. The maximum absolute atomic E-state index is 12.1. The van der Waals surface area contributed by atoms with Gasteiger partial charge in [-0.3, -0.25) is 9.59 Å². The Morgan fingerprint density at radius 3 is 2.60 bits per heavy atom. The van der Waals surface area contributed by atoms with Crippen LogP contribution in [-0.2, 0) is 12.8 Å². The molecule has 0 spiro atoms. The Morgan fingerprint density at radius 1 is 1.00 bits per heavy atom. The van der Waals surface area contributed by atoms with Crippen LogP contribution in [0.3, 0.4) is 0 Å². The van der Waals surface area contributed by atoms with E-state index in [9.17, 15) is 9.59 Å². The number of carbonyl (C=O) groups is 2. The summed E-state index contributed by atoms with van der Waals surface area (Å²) in [6.45, 7) is 0. The molecule has 0 aliphatic heterocycles. The second-order valence-corrected chi connectivity index (χ2v) is 5.16. The molecule has 0 saturated heterocycles. The van der Waals surface area contributed by atoms with Crippen molar-refractivity contribution >= 4 is 11.6 Å². The zero-order chi connectivity index (χ0) is 13.9. The minimum absolute atomic E-state index is 0.0274. The Balaban J connectivity index is 1.63. The van der Waals surface area contributed by atoms with E-state index in [2.05, 4.69) is 0 Å². The molecule has 1 aromatic heterocycles. The fraction of sp³-hybridized carbons (Fsp3) is 0.294. The van der Waals surface area contributed by atoms with Crippen molar-refractivity contribution in [2.24, 2.45) is 0 Å². The number of hydrogen-bond donors (Lipinski definition) is 0. The van der Waals surface area contributed by atoms with Crippen LogP contribution in [0.25, 0.3) is 0 Å². The first-order valence-electron chi connectivity index (χ1n) is 6.96. The molecule has 3 nitrogen and oxygen atoms in total. The third-order valence-corrected chi connectivity index (χ3v) is 3.80. The average Bonchev–Trinajstić information content (AvgIpc) is 3.13. The van der Waals surface area contributed by atoms with Gasteiger partial charge in [-0.25, -0.2) is 0 Å². The summed E-state index contributed by atoms with van der Waals surface area (Å²) in [5.74, 6) is 0.232. The van der Waals surface area contributed by atoms with Crippen LogP contribution in [0.15, 0.2) is 41.0 Å². The third kappa shape index (κ3) is 2.57. The second-order valence-electron chi connectivity index (χ2n) is 5.16. The molecule has 1 aliphatic carbocycles. The van der Waals surface area contributed by atoms with Crippen LogP contribution in [0.1, 0.15) is 51.3 Å². The highest BCUT2D eigenvalue weighted by molar-refractivity contribution is 6.01. The number of furan rings is 1. The van der Waals surface area contributed by atoms with Gasteiger partial charge < -0.3 is 4.42 Å². The van der Waals surface area contributed by atoms with Crippen LogP contribution >= 0.6 is 0 Å². The fourth-order valence-corrected chi connectivity index (χ4v) is 2.68. The summed E-state index contributed by atoms with van der Waals surface area (Å²) >= 11 is 0. The van der Waals surface area contributed by atoms with Crippen molar-refractivity contribution in [2.75, 3.05) is 0 Å². The van der Waals surface area contributed by atoms with Gasteiger partial charge in [0.15, 0.2) is 17.3 Å². The molecule has 2 aromatic rings. The molecule has 0 saturated carbocycles. The summed E-state index contributed by atoms with van der Waals surface area (Å²) in [7, 11) is 0. The van der Waals surface area contributed by atoms with Crippen molar-refractivity contribution in [1.29, 1.82) is 0 Å². The van der Waals surface area contributed by atoms with E-state index < -0.39 is 0 Å². The first-order chi connectivity index (χ1) is 9.74. The topological polar surface area (TPSA) is 47.3 Å². The number of aryl methyl sites for hydroxylation is 2. The molecule has 3 heteroatoms. The van der Waals surface area contributed by atoms with Crippen LogP contribution in [0.4, 0.5) is 0 Å². The maximum atomic E-state index is 12.1. The van der Waals surface area contributed by atoms with Crippen molar-refractivity contribution in [2.45, 2.75) is 32.1 Å². The van der Waals surface area contributed by atoms with Crippen LogP contribution in [0.2, 0.25) is 0 Å². The van der Waals surface area contributed by atoms with E-state index >= 15 is 0 Å². The molecule has 0 radical (unpaired) electrons. The lowest BCUT2D eigenvalue weighted by Crippen LogP contribution is -2.05. The zero-order valence-corrected chi connectivity index (χ0v) is 11.2. The molecule has 3 rings (SSSR count). The van der Waals surface area contributed by atoms with Gasteiger partial charge in [-0.05, 0) is 48.6 Å². The second kappa shape index (κ2) is 5.45. The summed E-state index contributed by atoms with van der Waals surface area (Å²) in [6, 6.07) is 9.22. The molecule has 0 bridgehead atoms. The predicted molar refractivity (Wildman–Crippen MR) is 75.1 cm³/mol. The quantitative estimate of drug-likeness (QED) is 0.778. The number of hydrogen-bond acceptors (Lipinski definition) is 3. The first-order valence-corrected chi connectivity index (χ1v) is 6.96. The Bertz CT molecular complexity index is 638. The summed E-state index contributed by atoms with van der Waals surface area (Å²) in [5.41, 5.74) is 3.36. The number of rotatable bonds is 5. The van der Waals surface area contributed by atoms with E-state index in [0.717, 1.165) is 18.4 Å². The summed E-state index contributed by atoms with van der Waals surface area (Å²) in [6.07, 6.45) is 5.24. The van der Waals surface area contributed by atoms with Crippen molar-refractivity contribution < 1.29 is 14.0 Å². The zero-order valence-electron chi connectivity index (χ0n) is 11.2. The number of fused-ring (bicyclic) bond motifs is 1. The molecule has 0 N–H and O–H groups in total. The molecule has 0 unspecified atom stereocenters. The van der Waals surface area contributed by atoms with Gasteiger partial charge in [-0.1, -0.05) is 12.1 Å². The van der Waals surface area contributed by atoms with E-state index in [4.69, 9.17) is 4.42 Å². The van der Waals surface area contributed by atoms with Gasteiger partial charge in [0.2, 0.25) is 0 Å². The normalized spacial score (nSPS) is 13.2. The van der Waals surface area contributed by atoms with Gasteiger partial charge in [0.05, 0.1) is 6.26 Å². The van der Waals surface area contributed by atoms with Crippen molar-refractivity contribution in [3.05, 3.63) is 59.0 Å². The van der Waals surface area contributed by atoms with Crippen LogP contribution in [0.5, 0.6) is 0 Å². The standard InChI is InChI=1S/C17H16O3/c18-15(8-9-16(19)17-5-2-10-20-17)14-7-6-12-3-1-4-13(12)11-14/h2,5-7,10-11H,1,3-4,8-9H2. The number of benzene rings is 1. The third-order valence-electron chi connectivity index (χ3n) is 3.80. The Labute approximate surface area is 117 Å². The molecule has 0 amide bonds. The summed E-state index contributed by atoms with van der Waals surface area (Å²) in [4.78, 5) is 23.9. The highest BCUT2D eigenvalue weighted by Gasteiger charge is 2.16. The van der Waals surface area contributed by atoms with E-state index in [0.29, 0.717) is 5.76 Å². The van der Waals surface area contributed by atoms with E-state index in [1.54, 1.807) is 12.1 Å².